The van der Waals surface area contributed by atoms with Crippen molar-refractivity contribution in [2.24, 2.45) is 0 Å². The standard InChI is InChI=1S/C20H24N6O2S/c1-16(18-15-26(24-23-18)17-9-4-2-5-10-17)22-20-19(11-8-12-21-20)29(27,28)25-13-6-3-7-14-25/h2,4-5,8-12,15-16H,3,6-7,13-14H2,1H3,(H,21,22). The zero-order chi connectivity index (χ0) is 20.3. The second kappa shape index (κ2) is 8.30. The molecule has 0 amide bonds. The van der Waals surface area contributed by atoms with E-state index < -0.39 is 10.0 Å². The van der Waals surface area contributed by atoms with E-state index in [9.17, 15) is 8.42 Å². The Hall–Kier alpha value is -2.78. The predicted molar refractivity (Wildman–Crippen MR) is 110 cm³/mol. The Morgan fingerprint density at radius 3 is 2.55 bits per heavy atom. The number of piperidine rings is 1. The van der Waals surface area contributed by atoms with Crippen molar-refractivity contribution >= 4 is 15.8 Å². The van der Waals surface area contributed by atoms with Crippen LogP contribution in [0.2, 0.25) is 0 Å². The van der Waals surface area contributed by atoms with Crippen LogP contribution in [0.4, 0.5) is 5.82 Å². The molecule has 1 aliphatic heterocycles. The molecule has 1 aromatic carbocycles. The number of nitrogens with zero attached hydrogens (tertiary/aromatic N) is 5. The molecule has 1 N–H and O–H groups in total. The Kier molecular flexibility index (Phi) is 5.59. The third-order valence-electron chi connectivity index (χ3n) is 5.03. The van der Waals surface area contributed by atoms with Gasteiger partial charge in [-0.2, -0.15) is 4.31 Å². The van der Waals surface area contributed by atoms with Crippen LogP contribution >= 0.6 is 0 Å². The first-order valence-corrected chi connectivity index (χ1v) is 11.2. The van der Waals surface area contributed by atoms with Crippen LogP contribution in [0.5, 0.6) is 0 Å². The highest BCUT2D eigenvalue weighted by Gasteiger charge is 2.29. The summed E-state index contributed by atoms with van der Waals surface area (Å²) in [6, 6.07) is 12.7. The van der Waals surface area contributed by atoms with Gasteiger partial charge in [0.05, 0.1) is 17.9 Å². The van der Waals surface area contributed by atoms with E-state index in [0.717, 1.165) is 24.9 Å². The molecule has 2 aromatic heterocycles. The summed E-state index contributed by atoms with van der Waals surface area (Å²) in [5.74, 6) is 0.333. The highest BCUT2D eigenvalue weighted by molar-refractivity contribution is 7.89. The quantitative estimate of drug-likeness (QED) is 0.669. The van der Waals surface area contributed by atoms with E-state index in [2.05, 4.69) is 20.6 Å². The number of anilines is 1. The normalized spacial score (nSPS) is 16.4. The molecule has 0 spiro atoms. The van der Waals surface area contributed by atoms with Crippen molar-refractivity contribution in [3.8, 4) is 5.69 Å². The third kappa shape index (κ3) is 4.15. The zero-order valence-corrected chi connectivity index (χ0v) is 17.1. The molecule has 8 nitrogen and oxygen atoms in total. The minimum Gasteiger partial charge on any atom is -0.361 e. The van der Waals surface area contributed by atoms with Gasteiger partial charge < -0.3 is 5.32 Å². The number of aromatic nitrogens is 4. The summed E-state index contributed by atoms with van der Waals surface area (Å²) in [6.07, 6.45) is 6.26. The molecular weight excluding hydrogens is 388 g/mol. The lowest BCUT2D eigenvalue weighted by atomic mass is 10.2. The second-order valence-electron chi connectivity index (χ2n) is 7.10. The highest BCUT2D eigenvalue weighted by atomic mass is 32.2. The van der Waals surface area contributed by atoms with Gasteiger partial charge in [0.15, 0.2) is 0 Å². The number of hydrogen-bond acceptors (Lipinski definition) is 6. The van der Waals surface area contributed by atoms with Gasteiger partial charge in [0.1, 0.15) is 16.4 Å². The molecule has 3 aromatic rings. The molecule has 4 rings (SSSR count). The molecule has 0 radical (unpaired) electrons. The van der Waals surface area contributed by atoms with Crippen molar-refractivity contribution in [3.05, 3.63) is 60.6 Å². The summed E-state index contributed by atoms with van der Waals surface area (Å²) in [5, 5.41) is 11.6. The van der Waals surface area contributed by atoms with Crippen LogP contribution in [0.3, 0.4) is 0 Å². The summed E-state index contributed by atoms with van der Waals surface area (Å²) in [7, 11) is -3.59. The van der Waals surface area contributed by atoms with E-state index in [0.29, 0.717) is 24.6 Å². The molecule has 29 heavy (non-hydrogen) atoms. The lowest BCUT2D eigenvalue weighted by molar-refractivity contribution is 0.346. The predicted octanol–water partition coefficient (Wildman–Crippen LogP) is 3.01. The summed E-state index contributed by atoms with van der Waals surface area (Å²) in [5.41, 5.74) is 1.60. The fourth-order valence-corrected chi connectivity index (χ4v) is 5.04. The van der Waals surface area contributed by atoms with Crippen molar-refractivity contribution in [2.75, 3.05) is 18.4 Å². The molecule has 1 saturated heterocycles. The first-order chi connectivity index (χ1) is 14.1. The van der Waals surface area contributed by atoms with Crippen molar-refractivity contribution < 1.29 is 8.42 Å². The Bertz CT molecular complexity index is 1060. The topological polar surface area (TPSA) is 93.0 Å². The fraction of sp³-hybridized carbons (Fsp3) is 0.350. The Morgan fingerprint density at radius 2 is 1.79 bits per heavy atom. The largest absolute Gasteiger partial charge is 0.361 e. The van der Waals surface area contributed by atoms with Gasteiger partial charge in [-0.05, 0) is 44.0 Å². The number of sulfonamides is 1. The van der Waals surface area contributed by atoms with E-state index >= 15 is 0 Å². The average Bonchev–Trinajstić information content (AvgIpc) is 3.26. The van der Waals surface area contributed by atoms with Gasteiger partial charge in [-0.1, -0.05) is 29.8 Å². The van der Waals surface area contributed by atoms with Gasteiger partial charge in [-0.3, -0.25) is 0 Å². The minimum atomic E-state index is -3.59. The molecule has 3 heterocycles. The first-order valence-electron chi connectivity index (χ1n) is 9.75. The highest BCUT2D eigenvalue weighted by Crippen LogP contribution is 2.27. The molecule has 0 aliphatic carbocycles. The van der Waals surface area contributed by atoms with Gasteiger partial charge in [0, 0.05) is 19.3 Å². The first kappa shape index (κ1) is 19.5. The maximum atomic E-state index is 13.1. The Balaban J connectivity index is 1.57. The Labute approximate surface area is 170 Å². The molecular formula is C20H24N6O2S. The maximum Gasteiger partial charge on any atom is 0.246 e. The van der Waals surface area contributed by atoms with Crippen molar-refractivity contribution in [1.82, 2.24) is 24.3 Å². The molecule has 0 saturated carbocycles. The van der Waals surface area contributed by atoms with Gasteiger partial charge in [0.2, 0.25) is 10.0 Å². The molecule has 1 fully saturated rings. The van der Waals surface area contributed by atoms with Crippen LogP contribution in [0, 0.1) is 0 Å². The van der Waals surface area contributed by atoms with E-state index in [1.54, 1.807) is 27.3 Å². The zero-order valence-electron chi connectivity index (χ0n) is 16.3. The van der Waals surface area contributed by atoms with Crippen LogP contribution in [0.25, 0.3) is 5.69 Å². The number of hydrogen-bond donors (Lipinski definition) is 1. The lowest BCUT2D eigenvalue weighted by Gasteiger charge is -2.27. The van der Waals surface area contributed by atoms with E-state index in [-0.39, 0.29) is 10.9 Å². The lowest BCUT2D eigenvalue weighted by Crippen LogP contribution is -2.36. The van der Waals surface area contributed by atoms with Crippen molar-refractivity contribution in [1.29, 1.82) is 0 Å². The SMILES string of the molecule is CC(Nc1ncccc1S(=O)(=O)N1CCCCC1)c1cn(-c2ccccc2)nn1. The fourth-order valence-electron chi connectivity index (χ4n) is 3.41. The van der Waals surface area contributed by atoms with E-state index in [1.165, 1.54) is 0 Å². The summed E-state index contributed by atoms with van der Waals surface area (Å²) < 4.78 is 29.5. The summed E-state index contributed by atoms with van der Waals surface area (Å²) in [6.45, 7) is 3.01. The molecule has 9 heteroatoms. The number of pyridine rings is 1. The molecule has 1 aliphatic rings. The van der Waals surface area contributed by atoms with Crippen LogP contribution < -0.4 is 5.32 Å². The van der Waals surface area contributed by atoms with E-state index in [4.69, 9.17) is 0 Å². The van der Waals surface area contributed by atoms with Crippen LogP contribution in [0.1, 0.15) is 37.9 Å². The van der Waals surface area contributed by atoms with Gasteiger partial charge >= 0.3 is 0 Å². The van der Waals surface area contributed by atoms with Crippen LogP contribution in [-0.4, -0.2) is 45.8 Å². The van der Waals surface area contributed by atoms with E-state index in [1.807, 2.05) is 43.5 Å². The summed E-state index contributed by atoms with van der Waals surface area (Å²) in [4.78, 5) is 4.50. The smallest absolute Gasteiger partial charge is 0.246 e. The number of rotatable bonds is 6. The molecule has 1 atom stereocenters. The maximum absolute atomic E-state index is 13.1. The van der Waals surface area contributed by atoms with Gasteiger partial charge in [0.25, 0.3) is 0 Å². The number of para-hydroxylation sites is 1. The van der Waals surface area contributed by atoms with Crippen molar-refractivity contribution in [2.45, 2.75) is 37.1 Å². The average molecular weight is 413 g/mol. The second-order valence-corrected chi connectivity index (χ2v) is 9.01. The van der Waals surface area contributed by atoms with Crippen LogP contribution in [0.15, 0.2) is 59.8 Å². The minimum absolute atomic E-state index is 0.198. The number of nitrogens with one attached hydrogen (secondary N) is 1. The van der Waals surface area contributed by atoms with Gasteiger partial charge in [-0.15, -0.1) is 5.10 Å². The van der Waals surface area contributed by atoms with Crippen LogP contribution in [-0.2, 0) is 10.0 Å². The Morgan fingerprint density at radius 1 is 1.03 bits per heavy atom. The van der Waals surface area contributed by atoms with Gasteiger partial charge in [-0.25, -0.2) is 18.1 Å². The monoisotopic (exact) mass is 412 g/mol. The molecule has 1 unspecified atom stereocenters. The molecule has 0 bridgehead atoms. The third-order valence-corrected chi connectivity index (χ3v) is 6.96. The van der Waals surface area contributed by atoms with Crippen molar-refractivity contribution in [3.63, 3.8) is 0 Å². The summed E-state index contributed by atoms with van der Waals surface area (Å²) >= 11 is 0. The number of benzene rings is 1. The molecule has 152 valence electrons.